The largest absolute Gasteiger partial charge is 0.497 e. The van der Waals surface area contributed by atoms with Crippen LogP contribution < -0.4 is 19.5 Å². The second kappa shape index (κ2) is 11.2. The molecule has 3 aromatic carbocycles. The van der Waals surface area contributed by atoms with E-state index < -0.39 is 0 Å². The molecule has 7 nitrogen and oxygen atoms in total. The summed E-state index contributed by atoms with van der Waals surface area (Å²) in [6.07, 6.45) is 1.53. The molecule has 0 saturated heterocycles. The SMILES string of the molecule is COc1ccc(C(=O)NCCCc2nc3ccccc3n2CCOc2cccc(OC)c2)cc1. The normalized spacial score (nSPS) is 10.8. The van der Waals surface area contributed by atoms with Crippen LogP contribution in [0.5, 0.6) is 17.2 Å². The second-order valence-corrected chi connectivity index (χ2v) is 7.78. The molecule has 7 heteroatoms. The van der Waals surface area contributed by atoms with Gasteiger partial charge in [0.15, 0.2) is 0 Å². The van der Waals surface area contributed by atoms with Gasteiger partial charge in [-0.3, -0.25) is 4.79 Å². The predicted octanol–water partition coefficient (Wildman–Crippen LogP) is 4.50. The third-order valence-corrected chi connectivity index (χ3v) is 5.57. The molecule has 0 atom stereocenters. The average Bonchev–Trinajstić information content (AvgIpc) is 3.24. The number of ether oxygens (including phenoxy) is 3. The third kappa shape index (κ3) is 5.67. The van der Waals surface area contributed by atoms with E-state index in [2.05, 4.69) is 16.0 Å². The van der Waals surface area contributed by atoms with E-state index in [0.717, 1.165) is 46.9 Å². The number of carbonyl (C=O) groups excluding carboxylic acids is 1. The Morgan fingerprint density at radius 1 is 0.912 bits per heavy atom. The Kier molecular flexibility index (Phi) is 7.65. The summed E-state index contributed by atoms with van der Waals surface area (Å²) in [5.41, 5.74) is 2.65. The zero-order valence-corrected chi connectivity index (χ0v) is 19.5. The van der Waals surface area contributed by atoms with E-state index in [1.807, 2.05) is 42.5 Å². The van der Waals surface area contributed by atoms with Gasteiger partial charge in [0.05, 0.1) is 31.8 Å². The van der Waals surface area contributed by atoms with Crippen LogP contribution in [0.4, 0.5) is 0 Å². The van der Waals surface area contributed by atoms with E-state index in [4.69, 9.17) is 19.2 Å². The number of fused-ring (bicyclic) bond motifs is 1. The van der Waals surface area contributed by atoms with Gasteiger partial charge in [0.25, 0.3) is 5.91 Å². The quantitative estimate of drug-likeness (QED) is 0.335. The predicted molar refractivity (Wildman–Crippen MR) is 132 cm³/mol. The minimum Gasteiger partial charge on any atom is -0.497 e. The number of imidazole rings is 1. The third-order valence-electron chi connectivity index (χ3n) is 5.57. The molecule has 1 amide bonds. The summed E-state index contributed by atoms with van der Waals surface area (Å²) < 4.78 is 18.6. The number of aryl methyl sites for hydroxylation is 1. The molecule has 0 saturated carbocycles. The number of nitrogens with zero attached hydrogens (tertiary/aromatic N) is 2. The molecule has 0 unspecified atom stereocenters. The van der Waals surface area contributed by atoms with E-state index in [1.54, 1.807) is 38.5 Å². The van der Waals surface area contributed by atoms with E-state index in [-0.39, 0.29) is 5.91 Å². The highest BCUT2D eigenvalue weighted by molar-refractivity contribution is 5.94. The minimum absolute atomic E-state index is 0.0946. The maximum absolute atomic E-state index is 12.4. The molecule has 4 aromatic rings. The van der Waals surface area contributed by atoms with Crippen LogP contribution in [-0.4, -0.2) is 42.8 Å². The van der Waals surface area contributed by atoms with Gasteiger partial charge < -0.3 is 24.1 Å². The molecular weight excluding hydrogens is 430 g/mol. The van der Waals surface area contributed by atoms with Crippen LogP contribution in [0, 0.1) is 0 Å². The number of amides is 1. The molecule has 176 valence electrons. The molecule has 0 aliphatic heterocycles. The molecule has 4 rings (SSSR count). The molecular formula is C27H29N3O4. The lowest BCUT2D eigenvalue weighted by Gasteiger charge is -2.12. The van der Waals surface area contributed by atoms with Crippen LogP contribution >= 0.6 is 0 Å². The molecule has 34 heavy (non-hydrogen) atoms. The standard InChI is InChI=1S/C27H29N3O4/c1-32-21-14-12-20(13-15-21)27(31)28-16-6-11-26-29-24-9-3-4-10-25(24)30(26)17-18-34-23-8-5-7-22(19-23)33-2/h3-5,7-10,12-15,19H,6,11,16-18H2,1-2H3,(H,28,31). The Hall–Kier alpha value is -4.00. The molecule has 0 fully saturated rings. The van der Waals surface area contributed by atoms with Crippen LogP contribution in [0.25, 0.3) is 11.0 Å². The molecule has 1 aromatic heterocycles. The van der Waals surface area contributed by atoms with Crippen molar-refractivity contribution in [2.45, 2.75) is 19.4 Å². The highest BCUT2D eigenvalue weighted by Crippen LogP contribution is 2.20. The van der Waals surface area contributed by atoms with E-state index >= 15 is 0 Å². The smallest absolute Gasteiger partial charge is 0.251 e. The lowest BCUT2D eigenvalue weighted by molar-refractivity contribution is 0.0953. The van der Waals surface area contributed by atoms with Crippen molar-refractivity contribution in [1.29, 1.82) is 0 Å². The maximum atomic E-state index is 12.4. The summed E-state index contributed by atoms with van der Waals surface area (Å²) in [6.45, 7) is 1.74. The molecule has 1 heterocycles. The molecule has 0 bridgehead atoms. The van der Waals surface area contributed by atoms with Gasteiger partial charge >= 0.3 is 0 Å². The van der Waals surface area contributed by atoms with E-state index in [1.165, 1.54) is 0 Å². The summed E-state index contributed by atoms with van der Waals surface area (Å²) in [5.74, 6) is 3.15. The molecule has 0 aliphatic carbocycles. The molecule has 0 radical (unpaired) electrons. The van der Waals surface area contributed by atoms with Gasteiger partial charge in [-0.15, -0.1) is 0 Å². The lowest BCUT2D eigenvalue weighted by atomic mass is 10.2. The zero-order valence-electron chi connectivity index (χ0n) is 19.5. The Balaban J connectivity index is 1.35. The lowest BCUT2D eigenvalue weighted by Crippen LogP contribution is -2.25. The molecule has 0 spiro atoms. The summed E-state index contributed by atoms with van der Waals surface area (Å²) in [6, 6.07) is 22.8. The number of carbonyl (C=O) groups is 1. The van der Waals surface area contributed by atoms with Crippen molar-refractivity contribution in [1.82, 2.24) is 14.9 Å². The number of para-hydroxylation sites is 2. The van der Waals surface area contributed by atoms with Gasteiger partial charge in [-0.25, -0.2) is 4.98 Å². The minimum atomic E-state index is -0.0946. The molecule has 1 N–H and O–H groups in total. The first-order valence-electron chi connectivity index (χ1n) is 11.3. The second-order valence-electron chi connectivity index (χ2n) is 7.78. The Bertz CT molecular complexity index is 1230. The van der Waals surface area contributed by atoms with Crippen molar-refractivity contribution in [3.05, 3.63) is 84.2 Å². The fraction of sp³-hybridized carbons (Fsp3) is 0.259. The monoisotopic (exact) mass is 459 g/mol. The fourth-order valence-corrected chi connectivity index (χ4v) is 3.80. The Labute approximate surface area is 199 Å². The zero-order chi connectivity index (χ0) is 23.8. The first-order valence-corrected chi connectivity index (χ1v) is 11.3. The highest BCUT2D eigenvalue weighted by Gasteiger charge is 2.11. The Morgan fingerprint density at radius 2 is 1.68 bits per heavy atom. The van der Waals surface area contributed by atoms with Crippen molar-refractivity contribution in [2.24, 2.45) is 0 Å². The van der Waals surface area contributed by atoms with Crippen LogP contribution in [0.15, 0.2) is 72.8 Å². The number of benzene rings is 3. The Morgan fingerprint density at radius 3 is 2.47 bits per heavy atom. The topological polar surface area (TPSA) is 74.6 Å². The van der Waals surface area contributed by atoms with Crippen molar-refractivity contribution < 1.29 is 19.0 Å². The van der Waals surface area contributed by atoms with Crippen molar-refractivity contribution in [3.8, 4) is 17.2 Å². The van der Waals surface area contributed by atoms with E-state index in [0.29, 0.717) is 25.3 Å². The van der Waals surface area contributed by atoms with Gasteiger partial charge in [0, 0.05) is 24.6 Å². The van der Waals surface area contributed by atoms with Gasteiger partial charge in [0.1, 0.15) is 29.7 Å². The fourth-order valence-electron chi connectivity index (χ4n) is 3.80. The number of methoxy groups -OCH3 is 2. The van der Waals surface area contributed by atoms with Gasteiger partial charge in [0.2, 0.25) is 0 Å². The van der Waals surface area contributed by atoms with Crippen LogP contribution in [0.3, 0.4) is 0 Å². The average molecular weight is 460 g/mol. The van der Waals surface area contributed by atoms with Crippen LogP contribution in [-0.2, 0) is 13.0 Å². The van der Waals surface area contributed by atoms with Gasteiger partial charge in [-0.1, -0.05) is 18.2 Å². The maximum Gasteiger partial charge on any atom is 0.251 e. The number of nitrogens with one attached hydrogen (secondary N) is 1. The number of hydrogen-bond acceptors (Lipinski definition) is 5. The van der Waals surface area contributed by atoms with E-state index in [9.17, 15) is 4.79 Å². The van der Waals surface area contributed by atoms with Crippen molar-refractivity contribution in [2.75, 3.05) is 27.4 Å². The van der Waals surface area contributed by atoms with Crippen molar-refractivity contribution >= 4 is 16.9 Å². The first kappa shape index (κ1) is 23.2. The van der Waals surface area contributed by atoms with Gasteiger partial charge in [-0.05, 0) is 55.0 Å². The molecule has 0 aliphatic rings. The number of rotatable bonds is 11. The summed E-state index contributed by atoms with van der Waals surface area (Å²) in [4.78, 5) is 17.2. The first-order chi connectivity index (χ1) is 16.7. The summed E-state index contributed by atoms with van der Waals surface area (Å²) >= 11 is 0. The highest BCUT2D eigenvalue weighted by atomic mass is 16.5. The van der Waals surface area contributed by atoms with Crippen LogP contribution in [0.2, 0.25) is 0 Å². The van der Waals surface area contributed by atoms with Crippen LogP contribution in [0.1, 0.15) is 22.6 Å². The summed E-state index contributed by atoms with van der Waals surface area (Å²) in [7, 11) is 3.25. The number of aromatic nitrogens is 2. The summed E-state index contributed by atoms with van der Waals surface area (Å²) in [5, 5.41) is 2.98. The van der Waals surface area contributed by atoms with Gasteiger partial charge in [-0.2, -0.15) is 0 Å². The number of hydrogen-bond donors (Lipinski definition) is 1. The van der Waals surface area contributed by atoms with Crippen molar-refractivity contribution in [3.63, 3.8) is 0 Å².